The number of fused-ring (bicyclic) bond motifs is 1. The monoisotopic (exact) mass is 422 g/mol. The van der Waals surface area contributed by atoms with Crippen LogP contribution in [-0.4, -0.2) is 47.2 Å². The summed E-state index contributed by atoms with van der Waals surface area (Å²) in [6.07, 6.45) is 3.78. The van der Waals surface area contributed by atoms with Crippen LogP contribution in [0.4, 0.5) is 5.69 Å². The van der Waals surface area contributed by atoms with E-state index in [1.165, 1.54) is 16.4 Å². The summed E-state index contributed by atoms with van der Waals surface area (Å²) in [4.78, 5) is 28.9. The zero-order valence-electron chi connectivity index (χ0n) is 16.0. The first-order valence-corrected chi connectivity index (χ1v) is 10.0. The number of aryl methyl sites for hydroxylation is 1. The highest BCUT2D eigenvalue weighted by atomic mass is 32.2. The number of carbonyl (C=O) groups excluding carboxylic acids is 2. The Hall–Kier alpha value is -3.73. The van der Waals surface area contributed by atoms with Gasteiger partial charge in [-0.2, -0.15) is 0 Å². The summed E-state index contributed by atoms with van der Waals surface area (Å²) in [5.41, 5.74) is 2.70. The number of thioether (sulfide) groups is 1. The maximum Gasteiger partial charge on any atom is 0.251 e. The summed E-state index contributed by atoms with van der Waals surface area (Å²) in [6, 6.07) is 12.4. The molecule has 11 heteroatoms. The van der Waals surface area contributed by atoms with Crippen LogP contribution in [0.25, 0.3) is 5.65 Å². The Morgan fingerprint density at radius 2 is 1.97 bits per heavy atom. The van der Waals surface area contributed by atoms with Crippen LogP contribution < -0.4 is 10.6 Å². The van der Waals surface area contributed by atoms with E-state index in [1.807, 2.05) is 35.0 Å². The zero-order valence-corrected chi connectivity index (χ0v) is 16.8. The number of anilines is 1. The molecule has 0 fully saturated rings. The van der Waals surface area contributed by atoms with Crippen LogP contribution in [0.5, 0.6) is 0 Å². The van der Waals surface area contributed by atoms with Crippen molar-refractivity contribution in [2.24, 2.45) is 7.05 Å². The molecule has 0 unspecified atom stereocenters. The summed E-state index contributed by atoms with van der Waals surface area (Å²) in [5, 5.41) is 17.2. The quantitative estimate of drug-likeness (QED) is 0.433. The Morgan fingerprint density at radius 1 is 1.13 bits per heavy atom. The van der Waals surface area contributed by atoms with Crippen molar-refractivity contribution in [3.05, 3.63) is 66.1 Å². The van der Waals surface area contributed by atoms with Crippen LogP contribution in [0.3, 0.4) is 0 Å². The normalized spacial score (nSPS) is 10.8. The van der Waals surface area contributed by atoms with Crippen molar-refractivity contribution in [3.63, 3.8) is 0 Å². The minimum absolute atomic E-state index is 0.176. The number of carbonyl (C=O) groups is 2. The van der Waals surface area contributed by atoms with E-state index >= 15 is 0 Å². The van der Waals surface area contributed by atoms with Gasteiger partial charge >= 0.3 is 0 Å². The molecule has 0 saturated heterocycles. The molecule has 3 heterocycles. The van der Waals surface area contributed by atoms with Crippen LogP contribution >= 0.6 is 11.8 Å². The van der Waals surface area contributed by atoms with Gasteiger partial charge in [-0.3, -0.25) is 9.59 Å². The molecule has 0 radical (unpaired) electrons. The van der Waals surface area contributed by atoms with Gasteiger partial charge in [0.2, 0.25) is 11.1 Å². The van der Waals surface area contributed by atoms with E-state index < -0.39 is 0 Å². The third kappa shape index (κ3) is 4.63. The molecule has 4 aromatic rings. The van der Waals surface area contributed by atoms with E-state index in [0.717, 1.165) is 11.3 Å². The Bertz CT molecular complexity index is 1150. The highest BCUT2D eigenvalue weighted by Gasteiger charge is 2.10. The van der Waals surface area contributed by atoms with E-state index in [4.69, 9.17) is 0 Å². The molecule has 0 atom stereocenters. The van der Waals surface area contributed by atoms with Crippen molar-refractivity contribution in [1.82, 2.24) is 34.9 Å². The van der Waals surface area contributed by atoms with Crippen LogP contribution in [0, 0.1) is 0 Å². The molecule has 30 heavy (non-hydrogen) atoms. The molecule has 4 rings (SSSR count). The molecule has 1 aromatic carbocycles. The lowest BCUT2D eigenvalue weighted by molar-refractivity contribution is -0.113. The summed E-state index contributed by atoms with van der Waals surface area (Å²) < 4.78 is 3.40. The second kappa shape index (κ2) is 8.74. The Labute approximate surface area is 175 Å². The number of amides is 2. The number of imidazole rings is 1. The molecule has 2 amide bonds. The molecule has 0 spiro atoms. The fourth-order valence-corrected chi connectivity index (χ4v) is 3.37. The molecule has 152 valence electrons. The number of nitrogens with one attached hydrogen (secondary N) is 2. The lowest BCUT2D eigenvalue weighted by Crippen LogP contribution is -2.23. The number of nitrogens with zero attached hydrogens (tertiary/aromatic N) is 6. The third-order valence-corrected chi connectivity index (χ3v) is 5.20. The van der Waals surface area contributed by atoms with Gasteiger partial charge in [0.25, 0.3) is 5.91 Å². The molecule has 0 aliphatic carbocycles. The maximum atomic E-state index is 12.4. The van der Waals surface area contributed by atoms with Gasteiger partial charge in [-0.15, -0.1) is 5.10 Å². The van der Waals surface area contributed by atoms with Crippen molar-refractivity contribution in [2.75, 3.05) is 11.1 Å². The minimum Gasteiger partial charge on any atom is -0.346 e. The molecule has 2 N–H and O–H groups in total. The van der Waals surface area contributed by atoms with Gasteiger partial charge in [0, 0.05) is 30.7 Å². The highest BCUT2D eigenvalue weighted by molar-refractivity contribution is 7.99. The first kappa shape index (κ1) is 19.6. The van der Waals surface area contributed by atoms with Crippen LogP contribution in [-0.2, 0) is 18.4 Å². The van der Waals surface area contributed by atoms with Crippen molar-refractivity contribution < 1.29 is 9.59 Å². The number of aromatic nitrogens is 6. The summed E-state index contributed by atoms with van der Waals surface area (Å²) in [5.74, 6) is -0.225. The maximum absolute atomic E-state index is 12.4. The average molecular weight is 422 g/mol. The number of hydrogen-bond acceptors (Lipinski definition) is 7. The first-order chi connectivity index (χ1) is 14.6. The number of pyridine rings is 1. The molecule has 0 aliphatic rings. The van der Waals surface area contributed by atoms with Gasteiger partial charge in [-0.05, 0) is 46.8 Å². The third-order valence-electron chi connectivity index (χ3n) is 4.19. The Morgan fingerprint density at radius 3 is 2.70 bits per heavy atom. The van der Waals surface area contributed by atoms with Crippen molar-refractivity contribution >= 4 is 34.9 Å². The van der Waals surface area contributed by atoms with Gasteiger partial charge in [0.05, 0.1) is 18.0 Å². The van der Waals surface area contributed by atoms with Crippen LogP contribution in [0.1, 0.15) is 16.1 Å². The SMILES string of the molecule is Cn1nnnc1SCC(=O)Nc1ccc(C(=O)NCc2cn3ccccc3n2)cc1. The molecule has 0 saturated carbocycles. The number of hydrogen-bond donors (Lipinski definition) is 2. The second-order valence-corrected chi connectivity index (χ2v) is 7.32. The van der Waals surface area contributed by atoms with Crippen molar-refractivity contribution in [3.8, 4) is 0 Å². The van der Waals surface area contributed by atoms with Gasteiger partial charge in [-0.25, -0.2) is 9.67 Å². The molecule has 10 nitrogen and oxygen atoms in total. The Balaban J connectivity index is 1.28. The highest BCUT2D eigenvalue weighted by Crippen LogP contribution is 2.14. The Kier molecular flexibility index (Phi) is 5.70. The predicted octanol–water partition coefficient (Wildman–Crippen LogP) is 1.52. The van der Waals surface area contributed by atoms with E-state index in [0.29, 0.717) is 23.0 Å². The predicted molar refractivity (Wildman–Crippen MR) is 111 cm³/mol. The molecular weight excluding hydrogens is 404 g/mol. The van der Waals surface area contributed by atoms with Crippen molar-refractivity contribution in [1.29, 1.82) is 0 Å². The fraction of sp³-hybridized carbons (Fsp3) is 0.158. The minimum atomic E-state index is -0.213. The summed E-state index contributed by atoms with van der Waals surface area (Å²) >= 11 is 1.24. The standard InChI is InChI=1S/C19H18N8O2S/c1-26-19(23-24-25-26)30-12-17(28)22-14-7-5-13(6-8-14)18(29)20-10-15-11-27-9-3-2-4-16(27)21-15/h2-9,11H,10,12H2,1H3,(H,20,29)(H,22,28). The van der Waals surface area contributed by atoms with E-state index in [1.54, 1.807) is 31.3 Å². The van der Waals surface area contributed by atoms with Crippen LogP contribution in [0.15, 0.2) is 60.0 Å². The van der Waals surface area contributed by atoms with E-state index in [9.17, 15) is 9.59 Å². The molecule has 3 aromatic heterocycles. The molecule has 0 bridgehead atoms. The van der Waals surface area contributed by atoms with Gasteiger partial charge in [-0.1, -0.05) is 17.8 Å². The summed E-state index contributed by atoms with van der Waals surface area (Å²) in [6.45, 7) is 0.327. The van der Waals surface area contributed by atoms with Gasteiger partial charge in [0.15, 0.2) is 0 Å². The van der Waals surface area contributed by atoms with Gasteiger partial charge in [0.1, 0.15) is 5.65 Å². The number of tetrazole rings is 1. The van der Waals surface area contributed by atoms with E-state index in [-0.39, 0.29) is 17.6 Å². The number of rotatable bonds is 7. The largest absolute Gasteiger partial charge is 0.346 e. The first-order valence-electron chi connectivity index (χ1n) is 9.04. The lowest BCUT2D eigenvalue weighted by atomic mass is 10.2. The van der Waals surface area contributed by atoms with Crippen molar-refractivity contribution in [2.45, 2.75) is 11.7 Å². The van der Waals surface area contributed by atoms with E-state index in [2.05, 4.69) is 31.1 Å². The second-order valence-electron chi connectivity index (χ2n) is 6.38. The molecular formula is C19H18N8O2S. The summed E-state index contributed by atoms with van der Waals surface area (Å²) in [7, 11) is 1.71. The number of benzene rings is 1. The topological polar surface area (TPSA) is 119 Å². The average Bonchev–Trinajstić information content (AvgIpc) is 3.36. The zero-order chi connectivity index (χ0) is 20.9. The smallest absolute Gasteiger partial charge is 0.251 e. The lowest BCUT2D eigenvalue weighted by Gasteiger charge is -2.07. The molecule has 0 aliphatic heterocycles. The fourth-order valence-electron chi connectivity index (χ4n) is 2.72. The van der Waals surface area contributed by atoms with Crippen LogP contribution in [0.2, 0.25) is 0 Å². The van der Waals surface area contributed by atoms with Gasteiger partial charge < -0.3 is 15.0 Å².